The normalized spacial score (nSPS) is 12.5. The van der Waals surface area contributed by atoms with E-state index >= 15 is 0 Å². The third-order valence-electron chi connectivity index (χ3n) is 1.47. The van der Waals surface area contributed by atoms with Crippen molar-refractivity contribution in [3.8, 4) is 0 Å². The molecule has 0 spiro atoms. The lowest BCUT2D eigenvalue weighted by Crippen LogP contribution is -2.49. The van der Waals surface area contributed by atoms with Crippen molar-refractivity contribution in [2.24, 2.45) is 0 Å². The lowest BCUT2D eigenvalue weighted by atomic mass is 10.2. The van der Waals surface area contributed by atoms with Crippen LogP contribution in [0.15, 0.2) is 0 Å². The summed E-state index contributed by atoms with van der Waals surface area (Å²) in [5.41, 5.74) is 0. The number of carboxylic acids is 2. The molecule has 0 fully saturated rings. The summed E-state index contributed by atoms with van der Waals surface area (Å²) in [4.78, 5) is 31.7. The molecule has 0 aliphatic carbocycles. The first kappa shape index (κ1) is 16.1. The van der Waals surface area contributed by atoms with E-state index in [0.717, 1.165) is 0 Å². The number of amides is 1. The van der Waals surface area contributed by atoms with Gasteiger partial charge in [0.2, 0.25) is 0 Å². The van der Waals surface area contributed by atoms with Gasteiger partial charge in [-0.05, 0) is 6.92 Å². The van der Waals surface area contributed by atoms with Gasteiger partial charge in [-0.1, -0.05) is 0 Å². The molecule has 0 bridgehead atoms. The van der Waals surface area contributed by atoms with Gasteiger partial charge in [0.05, 0.1) is 13.0 Å². The monoisotopic (exact) mass is 284 g/mol. The Hall–Kier alpha value is -1.88. The molecule has 1 amide bonds. The number of rotatable bonds is 7. The first-order valence-electron chi connectivity index (χ1n) is 4.59. The van der Waals surface area contributed by atoms with E-state index in [1.807, 2.05) is 0 Å². The lowest BCUT2D eigenvalue weighted by Gasteiger charge is -2.13. The number of nitrogens with one attached hydrogen (secondary N) is 2. The number of hydrogen-bond acceptors (Lipinski definition) is 6. The minimum Gasteiger partial charge on any atom is -0.481 e. The van der Waals surface area contributed by atoms with Gasteiger partial charge >= 0.3 is 28.2 Å². The molecule has 104 valence electrons. The second-order valence-corrected chi connectivity index (χ2v) is 4.38. The molecule has 0 rings (SSSR count). The molecule has 0 heterocycles. The summed E-state index contributed by atoms with van der Waals surface area (Å²) in [6, 6.07) is -1.89. The van der Waals surface area contributed by atoms with Crippen molar-refractivity contribution in [2.45, 2.75) is 19.4 Å². The SMILES string of the molecule is CCOC(=O)NS(=O)(=O)N[C@@H](CC(=O)O)C(=O)O. The van der Waals surface area contributed by atoms with Crippen molar-refractivity contribution >= 4 is 28.2 Å². The molecule has 18 heavy (non-hydrogen) atoms. The van der Waals surface area contributed by atoms with Crippen LogP contribution >= 0.6 is 0 Å². The van der Waals surface area contributed by atoms with E-state index < -0.39 is 40.7 Å². The summed E-state index contributed by atoms with van der Waals surface area (Å²) in [6.45, 7) is 1.35. The molecule has 10 nitrogen and oxygen atoms in total. The fourth-order valence-electron chi connectivity index (χ4n) is 0.841. The Labute approximate surface area is 102 Å². The van der Waals surface area contributed by atoms with Crippen molar-refractivity contribution < 1.29 is 37.8 Å². The second-order valence-electron chi connectivity index (χ2n) is 2.93. The van der Waals surface area contributed by atoms with E-state index in [0.29, 0.717) is 0 Å². The molecule has 0 aliphatic rings. The number of aliphatic carboxylic acids is 2. The average Bonchev–Trinajstić information content (AvgIpc) is 2.14. The first-order valence-corrected chi connectivity index (χ1v) is 6.07. The molecule has 0 radical (unpaired) electrons. The Morgan fingerprint density at radius 1 is 1.28 bits per heavy atom. The van der Waals surface area contributed by atoms with E-state index in [2.05, 4.69) is 4.74 Å². The van der Waals surface area contributed by atoms with E-state index in [1.54, 1.807) is 0 Å². The zero-order valence-electron chi connectivity index (χ0n) is 9.24. The Morgan fingerprint density at radius 3 is 2.22 bits per heavy atom. The van der Waals surface area contributed by atoms with Crippen molar-refractivity contribution in [3.05, 3.63) is 0 Å². The predicted molar refractivity (Wildman–Crippen MR) is 55.9 cm³/mol. The summed E-state index contributed by atoms with van der Waals surface area (Å²) in [5.74, 6) is -3.20. The molecule has 0 aromatic heterocycles. The maximum Gasteiger partial charge on any atom is 0.421 e. The van der Waals surface area contributed by atoms with Crippen LogP contribution in [0.25, 0.3) is 0 Å². The lowest BCUT2D eigenvalue weighted by molar-refractivity contribution is -0.145. The minimum absolute atomic E-state index is 0.0845. The van der Waals surface area contributed by atoms with Gasteiger partial charge < -0.3 is 14.9 Å². The summed E-state index contributed by atoms with van der Waals surface area (Å²) in [5, 5.41) is 17.0. The summed E-state index contributed by atoms with van der Waals surface area (Å²) in [7, 11) is -4.51. The van der Waals surface area contributed by atoms with E-state index in [9.17, 15) is 22.8 Å². The van der Waals surface area contributed by atoms with Gasteiger partial charge in [0.15, 0.2) is 0 Å². The van der Waals surface area contributed by atoms with Gasteiger partial charge in [0.25, 0.3) is 0 Å². The van der Waals surface area contributed by atoms with Crippen LogP contribution < -0.4 is 9.44 Å². The first-order chi connectivity index (χ1) is 8.18. The Bertz CT molecular complexity index is 431. The molecule has 11 heteroatoms. The Balaban J connectivity index is 4.66. The third-order valence-corrected chi connectivity index (χ3v) is 2.50. The standard InChI is InChI=1S/C7H12N2O8S/c1-2-17-7(14)9-18(15,16)8-4(6(12)13)3-5(10)11/h4,8H,2-3H2,1H3,(H,9,14)(H,10,11)(H,12,13)/t4-/m0/s1. The van der Waals surface area contributed by atoms with Gasteiger partial charge in [-0.15, -0.1) is 0 Å². The Kier molecular flexibility index (Phi) is 6.05. The van der Waals surface area contributed by atoms with Crippen LogP contribution in [0.2, 0.25) is 0 Å². The molecule has 0 aromatic carbocycles. The number of ether oxygens (including phenoxy) is 1. The van der Waals surface area contributed by atoms with E-state index in [-0.39, 0.29) is 6.61 Å². The minimum atomic E-state index is -4.51. The zero-order chi connectivity index (χ0) is 14.3. The molecule has 0 unspecified atom stereocenters. The Morgan fingerprint density at radius 2 is 1.83 bits per heavy atom. The highest BCUT2D eigenvalue weighted by molar-refractivity contribution is 7.88. The van der Waals surface area contributed by atoms with Crippen LogP contribution in [0.3, 0.4) is 0 Å². The molecule has 0 saturated heterocycles. The highest BCUT2D eigenvalue weighted by Gasteiger charge is 2.27. The van der Waals surface area contributed by atoms with Crippen LogP contribution in [0.5, 0.6) is 0 Å². The van der Waals surface area contributed by atoms with Gasteiger partial charge in [0.1, 0.15) is 6.04 Å². The van der Waals surface area contributed by atoms with Crippen LogP contribution in [-0.4, -0.2) is 49.3 Å². The summed E-state index contributed by atoms with van der Waals surface area (Å²) in [6.07, 6.45) is -2.27. The molecular weight excluding hydrogens is 272 g/mol. The molecule has 4 N–H and O–H groups in total. The maximum atomic E-state index is 11.2. The van der Waals surface area contributed by atoms with Crippen molar-refractivity contribution in [2.75, 3.05) is 6.61 Å². The van der Waals surface area contributed by atoms with Gasteiger partial charge in [-0.3, -0.25) is 9.59 Å². The smallest absolute Gasteiger partial charge is 0.421 e. The summed E-state index contributed by atoms with van der Waals surface area (Å²) < 4.78 is 29.6. The maximum absolute atomic E-state index is 11.2. The van der Waals surface area contributed by atoms with Crippen LogP contribution in [0.1, 0.15) is 13.3 Å². The second kappa shape index (κ2) is 6.76. The summed E-state index contributed by atoms with van der Waals surface area (Å²) >= 11 is 0. The topological polar surface area (TPSA) is 159 Å². The van der Waals surface area contributed by atoms with Gasteiger partial charge in [0, 0.05) is 0 Å². The predicted octanol–water partition coefficient (Wildman–Crippen LogP) is -1.51. The van der Waals surface area contributed by atoms with Crippen LogP contribution in [-0.2, 0) is 24.5 Å². The number of carbonyl (C=O) groups is 3. The van der Waals surface area contributed by atoms with Crippen LogP contribution in [0.4, 0.5) is 4.79 Å². The highest BCUT2D eigenvalue weighted by atomic mass is 32.2. The number of carbonyl (C=O) groups excluding carboxylic acids is 1. The quantitative estimate of drug-likeness (QED) is 0.439. The van der Waals surface area contributed by atoms with E-state index in [4.69, 9.17) is 10.2 Å². The van der Waals surface area contributed by atoms with Crippen molar-refractivity contribution in [1.29, 1.82) is 0 Å². The highest BCUT2D eigenvalue weighted by Crippen LogP contribution is 1.95. The molecule has 0 aromatic rings. The average molecular weight is 284 g/mol. The fraction of sp³-hybridized carbons (Fsp3) is 0.571. The van der Waals surface area contributed by atoms with Crippen LogP contribution in [0, 0.1) is 0 Å². The molecule has 1 atom stereocenters. The number of hydrogen-bond donors (Lipinski definition) is 4. The largest absolute Gasteiger partial charge is 0.481 e. The third kappa shape index (κ3) is 6.65. The molecule has 0 saturated carbocycles. The van der Waals surface area contributed by atoms with Crippen molar-refractivity contribution in [3.63, 3.8) is 0 Å². The molecular formula is C7H12N2O8S. The fourth-order valence-corrected chi connectivity index (χ4v) is 1.74. The van der Waals surface area contributed by atoms with Crippen molar-refractivity contribution in [1.82, 2.24) is 9.44 Å². The zero-order valence-corrected chi connectivity index (χ0v) is 10.1. The van der Waals surface area contributed by atoms with E-state index in [1.165, 1.54) is 16.4 Å². The van der Waals surface area contributed by atoms with Gasteiger partial charge in [-0.2, -0.15) is 13.1 Å². The molecule has 0 aliphatic heterocycles. The van der Waals surface area contributed by atoms with Gasteiger partial charge in [-0.25, -0.2) is 9.52 Å². The number of carboxylic acid groups (broad SMARTS) is 2.